The molecule has 0 fully saturated rings. The zero-order chi connectivity index (χ0) is 15.7. The van der Waals surface area contributed by atoms with Gasteiger partial charge in [-0.05, 0) is 24.2 Å². The van der Waals surface area contributed by atoms with E-state index in [-0.39, 0.29) is 0 Å². The Kier molecular flexibility index (Phi) is 4.56. The summed E-state index contributed by atoms with van der Waals surface area (Å²) in [5.41, 5.74) is 2.66. The van der Waals surface area contributed by atoms with Crippen molar-refractivity contribution in [1.29, 1.82) is 0 Å². The van der Waals surface area contributed by atoms with Crippen LogP contribution in [-0.2, 0) is 0 Å². The molecular formula is C18H27NSi2. The Morgan fingerprint density at radius 2 is 0.857 bits per heavy atom. The first-order valence-corrected chi connectivity index (χ1v) is 13.6. The van der Waals surface area contributed by atoms with E-state index in [9.17, 15) is 0 Å². The van der Waals surface area contributed by atoms with E-state index in [0.29, 0.717) is 0 Å². The lowest BCUT2D eigenvalue weighted by Gasteiger charge is -2.35. The lowest BCUT2D eigenvalue weighted by molar-refractivity contribution is 1.33. The summed E-state index contributed by atoms with van der Waals surface area (Å²) < 4.78 is 4.08. The molecule has 0 spiro atoms. The molecule has 0 saturated heterocycles. The van der Waals surface area contributed by atoms with Gasteiger partial charge in [0.2, 0.25) is 0 Å². The minimum atomic E-state index is -1.62. The maximum absolute atomic E-state index is 4.08. The number of hydrogen-bond donors (Lipinski definition) is 1. The van der Waals surface area contributed by atoms with Crippen molar-refractivity contribution in [2.75, 3.05) is 0 Å². The quantitative estimate of drug-likeness (QED) is 0.853. The molecule has 0 heterocycles. The van der Waals surface area contributed by atoms with Crippen molar-refractivity contribution in [3.8, 4) is 0 Å². The number of hydrogen-bond acceptors (Lipinski definition) is 1. The number of benzene rings is 2. The zero-order valence-corrected chi connectivity index (χ0v) is 16.1. The SMILES string of the molecule is Cc1ccc([Si](C)(C)N[Si](C)(C)c2ccc(C)cc2)cc1. The Morgan fingerprint density at radius 1 is 0.571 bits per heavy atom. The summed E-state index contributed by atoms with van der Waals surface area (Å²) in [7, 11) is -3.24. The van der Waals surface area contributed by atoms with Crippen LogP contribution in [0.25, 0.3) is 0 Å². The van der Waals surface area contributed by atoms with E-state index in [4.69, 9.17) is 0 Å². The molecular weight excluding hydrogens is 286 g/mol. The highest BCUT2D eigenvalue weighted by Gasteiger charge is 2.33. The molecule has 21 heavy (non-hydrogen) atoms. The van der Waals surface area contributed by atoms with Crippen LogP contribution in [0, 0.1) is 13.8 Å². The summed E-state index contributed by atoms with van der Waals surface area (Å²) in [5.74, 6) is 0. The number of aryl methyl sites for hydroxylation is 2. The molecule has 1 nitrogen and oxygen atoms in total. The molecule has 0 saturated carbocycles. The predicted molar refractivity (Wildman–Crippen MR) is 99.7 cm³/mol. The van der Waals surface area contributed by atoms with Crippen LogP contribution in [-0.4, -0.2) is 16.5 Å². The third-order valence-electron chi connectivity index (χ3n) is 4.17. The first kappa shape index (κ1) is 16.2. The average Bonchev–Trinajstić information content (AvgIpc) is 2.38. The molecule has 2 rings (SSSR count). The van der Waals surface area contributed by atoms with Gasteiger partial charge in [0, 0.05) is 0 Å². The fourth-order valence-corrected chi connectivity index (χ4v) is 12.3. The van der Waals surface area contributed by atoms with Crippen molar-refractivity contribution in [3.05, 3.63) is 59.7 Å². The van der Waals surface area contributed by atoms with Gasteiger partial charge in [0.25, 0.3) is 0 Å². The first-order valence-electron chi connectivity index (χ1n) is 7.64. The largest absolute Gasteiger partial charge is 0.353 e. The van der Waals surface area contributed by atoms with Crippen LogP contribution in [0.1, 0.15) is 11.1 Å². The molecule has 2 aromatic rings. The van der Waals surface area contributed by atoms with E-state index >= 15 is 0 Å². The van der Waals surface area contributed by atoms with E-state index in [0.717, 1.165) is 0 Å². The van der Waals surface area contributed by atoms with Gasteiger partial charge < -0.3 is 4.65 Å². The van der Waals surface area contributed by atoms with Crippen LogP contribution in [0.5, 0.6) is 0 Å². The Morgan fingerprint density at radius 3 is 1.14 bits per heavy atom. The highest BCUT2D eigenvalue weighted by Crippen LogP contribution is 2.08. The highest BCUT2D eigenvalue weighted by atomic mass is 28.4. The topological polar surface area (TPSA) is 12.0 Å². The monoisotopic (exact) mass is 313 g/mol. The highest BCUT2D eigenvalue weighted by molar-refractivity contribution is 7.02. The average molecular weight is 314 g/mol. The standard InChI is InChI=1S/C18H27NSi2/c1-15-7-11-17(12-8-15)20(3,4)19-21(5,6)18-13-9-16(2)10-14-18/h7-14,19H,1-6H3. The van der Waals surface area contributed by atoms with Crippen LogP contribution in [0.15, 0.2) is 48.5 Å². The fourth-order valence-electron chi connectivity index (χ4n) is 2.87. The Hall–Kier alpha value is -1.17. The summed E-state index contributed by atoms with van der Waals surface area (Å²) >= 11 is 0. The molecule has 2 aromatic carbocycles. The van der Waals surface area contributed by atoms with E-state index in [1.807, 2.05) is 0 Å². The predicted octanol–water partition coefficient (Wildman–Crippen LogP) is 3.42. The van der Waals surface area contributed by atoms with Gasteiger partial charge >= 0.3 is 0 Å². The second-order valence-corrected chi connectivity index (χ2v) is 15.8. The number of nitrogens with one attached hydrogen (secondary N) is 1. The molecule has 0 bridgehead atoms. The van der Waals surface area contributed by atoms with Crippen LogP contribution < -0.4 is 15.0 Å². The summed E-state index contributed by atoms with van der Waals surface area (Å²) in [6, 6.07) is 18.1. The molecule has 0 aliphatic heterocycles. The van der Waals surface area contributed by atoms with Crippen LogP contribution in [0.2, 0.25) is 26.2 Å². The smallest absolute Gasteiger partial charge is 0.145 e. The third-order valence-corrected chi connectivity index (χ3v) is 12.7. The molecule has 0 atom stereocenters. The minimum Gasteiger partial charge on any atom is -0.353 e. The van der Waals surface area contributed by atoms with Gasteiger partial charge in [-0.1, -0.05) is 85.8 Å². The fraction of sp³-hybridized carbons (Fsp3) is 0.333. The third kappa shape index (κ3) is 3.93. The van der Waals surface area contributed by atoms with Crippen molar-refractivity contribution in [1.82, 2.24) is 4.65 Å². The van der Waals surface area contributed by atoms with Gasteiger partial charge in [0.1, 0.15) is 16.5 Å². The summed E-state index contributed by atoms with van der Waals surface area (Å²) in [5, 5.41) is 2.97. The second kappa shape index (κ2) is 5.91. The van der Waals surface area contributed by atoms with Gasteiger partial charge in [-0.15, -0.1) is 0 Å². The summed E-state index contributed by atoms with van der Waals surface area (Å²) in [6.07, 6.45) is 0. The second-order valence-electron chi connectivity index (χ2n) is 7.11. The lowest BCUT2D eigenvalue weighted by atomic mass is 10.2. The van der Waals surface area contributed by atoms with Gasteiger partial charge in [0.05, 0.1) is 0 Å². The lowest BCUT2D eigenvalue weighted by Crippen LogP contribution is -2.69. The Bertz CT molecular complexity index is 543. The first-order chi connectivity index (χ1) is 9.71. The van der Waals surface area contributed by atoms with Crippen molar-refractivity contribution < 1.29 is 0 Å². The van der Waals surface area contributed by atoms with Gasteiger partial charge in [-0.25, -0.2) is 0 Å². The molecule has 0 aromatic heterocycles. The van der Waals surface area contributed by atoms with E-state index in [1.54, 1.807) is 0 Å². The van der Waals surface area contributed by atoms with Gasteiger partial charge in [0.15, 0.2) is 0 Å². The van der Waals surface area contributed by atoms with E-state index < -0.39 is 16.5 Å². The Labute approximate surface area is 131 Å². The molecule has 1 N–H and O–H groups in total. The van der Waals surface area contributed by atoms with Crippen LogP contribution in [0.4, 0.5) is 0 Å². The summed E-state index contributed by atoms with van der Waals surface area (Å²) in [4.78, 5) is 0. The molecule has 0 unspecified atom stereocenters. The van der Waals surface area contributed by atoms with Crippen molar-refractivity contribution in [3.63, 3.8) is 0 Å². The number of rotatable bonds is 4. The molecule has 0 amide bonds. The molecule has 112 valence electrons. The van der Waals surface area contributed by atoms with Crippen LogP contribution >= 0.6 is 0 Å². The van der Waals surface area contributed by atoms with Crippen LogP contribution in [0.3, 0.4) is 0 Å². The van der Waals surface area contributed by atoms with Crippen molar-refractivity contribution in [2.24, 2.45) is 0 Å². The van der Waals surface area contributed by atoms with Gasteiger partial charge in [-0.2, -0.15) is 0 Å². The van der Waals surface area contributed by atoms with Crippen molar-refractivity contribution in [2.45, 2.75) is 40.0 Å². The maximum atomic E-state index is 4.08. The maximum Gasteiger partial charge on any atom is 0.145 e. The minimum absolute atomic E-state index is 1.33. The molecule has 3 heteroatoms. The molecule has 0 aliphatic rings. The summed E-state index contributed by atoms with van der Waals surface area (Å²) in [6.45, 7) is 14.0. The molecule has 0 radical (unpaired) electrons. The Balaban J connectivity index is 2.25. The zero-order valence-electron chi connectivity index (χ0n) is 14.1. The van der Waals surface area contributed by atoms with E-state index in [2.05, 4.69) is 93.2 Å². The van der Waals surface area contributed by atoms with E-state index in [1.165, 1.54) is 21.5 Å². The van der Waals surface area contributed by atoms with Crippen molar-refractivity contribution >= 4 is 26.8 Å². The molecule has 0 aliphatic carbocycles. The van der Waals surface area contributed by atoms with Gasteiger partial charge in [-0.3, -0.25) is 0 Å². The normalized spacial score (nSPS) is 12.5.